The summed E-state index contributed by atoms with van der Waals surface area (Å²) in [6.07, 6.45) is -3.26. The highest BCUT2D eigenvalue weighted by molar-refractivity contribution is 6.30. The van der Waals surface area contributed by atoms with E-state index in [2.05, 4.69) is 9.97 Å². The number of hydrogen-bond acceptors (Lipinski definition) is 2. The predicted molar refractivity (Wildman–Crippen MR) is 90.8 cm³/mol. The Labute approximate surface area is 148 Å². The van der Waals surface area contributed by atoms with Crippen molar-refractivity contribution in [3.63, 3.8) is 0 Å². The Morgan fingerprint density at radius 1 is 1.12 bits per heavy atom. The van der Waals surface area contributed by atoms with Crippen molar-refractivity contribution in [3.8, 4) is 11.1 Å². The number of nitrogens with zero attached hydrogens (tertiary/aromatic N) is 1. The Morgan fingerprint density at radius 3 is 2.28 bits per heavy atom. The van der Waals surface area contributed by atoms with Crippen LogP contribution in [-0.4, -0.2) is 16.1 Å². The molecule has 0 unspecified atom stereocenters. The first-order chi connectivity index (χ1) is 11.8. The minimum Gasteiger partial charge on any atom is -0.310 e. The molecule has 0 amide bonds. The fourth-order valence-corrected chi connectivity index (χ4v) is 3.62. The monoisotopic (exact) mass is 370 g/mol. The summed E-state index contributed by atoms with van der Waals surface area (Å²) in [7, 11) is 0. The SMILES string of the molecule is Cc1nc([C@H]2CC[C@@H](C(F)(F)F)CC2)c(-c2ccc(Cl)cc2)c(=O)[nH]1. The molecule has 0 saturated heterocycles. The average molecular weight is 371 g/mol. The summed E-state index contributed by atoms with van der Waals surface area (Å²) < 4.78 is 38.7. The molecule has 1 aromatic carbocycles. The number of rotatable bonds is 2. The molecule has 1 aliphatic carbocycles. The van der Waals surface area contributed by atoms with E-state index in [-0.39, 0.29) is 24.3 Å². The van der Waals surface area contributed by atoms with Crippen LogP contribution in [0.25, 0.3) is 11.1 Å². The molecule has 1 heterocycles. The fourth-order valence-electron chi connectivity index (χ4n) is 3.49. The van der Waals surface area contributed by atoms with Crippen molar-refractivity contribution >= 4 is 11.6 Å². The van der Waals surface area contributed by atoms with E-state index in [1.807, 2.05) is 0 Å². The highest BCUT2D eigenvalue weighted by atomic mass is 35.5. The van der Waals surface area contributed by atoms with E-state index in [0.29, 0.717) is 40.5 Å². The molecule has 1 N–H and O–H groups in total. The van der Waals surface area contributed by atoms with Crippen LogP contribution in [0, 0.1) is 12.8 Å². The molecule has 2 aromatic rings. The predicted octanol–water partition coefficient (Wildman–Crippen LogP) is 5.23. The van der Waals surface area contributed by atoms with Gasteiger partial charge in [-0.1, -0.05) is 23.7 Å². The van der Waals surface area contributed by atoms with Crippen LogP contribution in [0.4, 0.5) is 13.2 Å². The maximum absolute atomic E-state index is 12.9. The lowest BCUT2D eigenvalue weighted by Crippen LogP contribution is -2.28. The van der Waals surface area contributed by atoms with Gasteiger partial charge in [0, 0.05) is 10.9 Å². The Balaban J connectivity index is 1.97. The van der Waals surface area contributed by atoms with Gasteiger partial charge in [0.1, 0.15) is 5.82 Å². The number of halogens is 4. The van der Waals surface area contributed by atoms with Crippen LogP contribution in [0.2, 0.25) is 5.02 Å². The van der Waals surface area contributed by atoms with Gasteiger partial charge in [-0.05, 0) is 50.3 Å². The molecule has 25 heavy (non-hydrogen) atoms. The van der Waals surface area contributed by atoms with Crippen molar-refractivity contribution < 1.29 is 13.2 Å². The third-order valence-electron chi connectivity index (χ3n) is 4.78. The zero-order chi connectivity index (χ0) is 18.2. The van der Waals surface area contributed by atoms with Crippen LogP contribution >= 0.6 is 11.6 Å². The molecule has 1 saturated carbocycles. The molecule has 0 aliphatic heterocycles. The van der Waals surface area contributed by atoms with E-state index < -0.39 is 12.1 Å². The molecular weight excluding hydrogens is 353 g/mol. The van der Waals surface area contributed by atoms with Crippen molar-refractivity contribution in [3.05, 3.63) is 51.2 Å². The largest absolute Gasteiger partial charge is 0.391 e. The summed E-state index contributed by atoms with van der Waals surface area (Å²) in [4.78, 5) is 19.7. The Morgan fingerprint density at radius 2 is 1.72 bits per heavy atom. The number of hydrogen-bond donors (Lipinski definition) is 1. The van der Waals surface area contributed by atoms with Crippen molar-refractivity contribution in [2.45, 2.75) is 44.7 Å². The second-order valence-corrected chi connectivity index (χ2v) is 6.95. The fraction of sp³-hybridized carbons (Fsp3) is 0.444. The van der Waals surface area contributed by atoms with Crippen molar-refractivity contribution in [2.75, 3.05) is 0 Å². The van der Waals surface area contributed by atoms with E-state index in [1.54, 1.807) is 31.2 Å². The number of alkyl halides is 3. The first kappa shape index (κ1) is 18.0. The van der Waals surface area contributed by atoms with E-state index in [9.17, 15) is 18.0 Å². The number of aromatic nitrogens is 2. The van der Waals surface area contributed by atoms with Crippen LogP contribution in [0.1, 0.15) is 43.1 Å². The minimum absolute atomic E-state index is 0.0712. The first-order valence-electron chi connectivity index (χ1n) is 8.19. The number of benzene rings is 1. The molecule has 0 bridgehead atoms. The zero-order valence-corrected chi connectivity index (χ0v) is 14.4. The summed E-state index contributed by atoms with van der Waals surface area (Å²) in [6.45, 7) is 1.68. The maximum Gasteiger partial charge on any atom is 0.391 e. The normalized spacial score (nSPS) is 21.3. The summed E-state index contributed by atoms with van der Waals surface area (Å²) >= 11 is 5.90. The van der Waals surface area contributed by atoms with Gasteiger partial charge in [0.05, 0.1) is 17.2 Å². The average Bonchev–Trinajstić information content (AvgIpc) is 2.55. The smallest absolute Gasteiger partial charge is 0.310 e. The number of aryl methyl sites for hydroxylation is 1. The van der Waals surface area contributed by atoms with Crippen molar-refractivity contribution in [2.24, 2.45) is 5.92 Å². The van der Waals surface area contributed by atoms with Gasteiger partial charge in [0.15, 0.2) is 0 Å². The first-order valence-corrected chi connectivity index (χ1v) is 8.57. The number of nitrogens with one attached hydrogen (secondary N) is 1. The standard InChI is InChI=1S/C18H18ClF3N2O/c1-10-23-16(12-2-6-13(7-3-12)18(20,21)22)15(17(25)24-10)11-4-8-14(19)9-5-11/h4-5,8-9,12-13H,2-3,6-7H2,1H3,(H,23,24,25)/t12-,13+. The lowest BCUT2D eigenvalue weighted by Gasteiger charge is -2.30. The maximum atomic E-state index is 12.9. The van der Waals surface area contributed by atoms with Crippen LogP contribution in [0.5, 0.6) is 0 Å². The molecule has 0 atom stereocenters. The Bertz CT molecular complexity index is 807. The third kappa shape index (κ3) is 3.89. The summed E-state index contributed by atoms with van der Waals surface area (Å²) in [5, 5.41) is 0.549. The van der Waals surface area contributed by atoms with Crippen LogP contribution < -0.4 is 5.56 Å². The van der Waals surface area contributed by atoms with Gasteiger partial charge in [-0.2, -0.15) is 13.2 Å². The molecule has 3 rings (SSSR count). The Hall–Kier alpha value is -1.82. The van der Waals surface area contributed by atoms with Crippen LogP contribution in [0.15, 0.2) is 29.1 Å². The van der Waals surface area contributed by atoms with E-state index in [0.717, 1.165) is 0 Å². The second kappa shape index (κ2) is 6.83. The lowest BCUT2D eigenvalue weighted by atomic mass is 9.78. The molecule has 3 nitrogen and oxygen atoms in total. The quantitative estimate of drug-likeness (QED) is 0.786. The topological polar surface area (TPSA) is 45.8 Å². The van der Waals surface area contributed by atoms with Crippen molar-refractivity contribution in [1.82, 2.24) is 9.97 Å². The molecular formula is C18H18ClF3N2O. The Kier molecular flexibility index (Phi) is 4.91. The van der Waals surface area contributed by atoms with Gasteiger partial charge in [-0.3, -0.25) is 4.79 Å². The molecule has 134 valence electrons. The number of H-pyrrole nitrogens is 1. The third-order valence-corrected chi connectivity index (χ3v) is 5.03. The van der Waals surface area contributed by atoms with Gasteiger partial charge in [-0.15, -0.1) is 0 Å². The molecule has 7 heteroatoms. The molecule has 0 spiro atoms. The molecule has 1 fully saturated rings. The number of aromatic amines is 1. The molecule has 1 aromatic heterocycles. The van der Waals surface area contributed by atoms with E-state index in [4.69, 9.17) is 11.6 Å². The molecule has 1 aliphatic rings. The second-order valence-electron chi connectivity index (χ2n) is 6.51. The van der Waals surface area contributed by atoms with Gasteiger partial charge in [0.2, 0.25) is 0 Å². The van der Waals surface area contributed by atoms with Gasteiger partial charge in [0.25, 0.3) is 5.56 Å². The van der Waals surface area contributed by atoms with Crippen molar-refractivity contribution in [1.29, 1.82) is 0 Å². The van der Waals surface area contributed by atoms with E-state index in [1.165, 1.54) is 0 Å². The summed E-state index contributed by atoms with van der Waals surface area (Å²) in [5.74, 6) is -0.938. The van der Waals surface area contributed by atoms with E-state index >= 15 is 0 Å². The van der Waals surface area contributed by atoms with Crippen LogP contribution in [0.3, 0.4) is 0 Å². The van der Waals surface area contributed by atoms with Gasteiger partial charge >= 0.3 is 6.18 Å². The molecule has 0 radical (unpaired) electrons. The zero-order valence-electron chi connectivity index (χ0n) is 13.7. The van der Waals surface area contributed by atoms with Gasteiger partial charge < -0.3 is 4.98 Å². The highest BCUT2D eigenvalue weighted by Gasteiger charge is 2.42. The highest BCUT2D eigenvalue weighted by Crippen LogP contribution is 2.43. The summed E-state index contributed by atoms with van der Waals surface area (Å²) in [5.41, 5.74) is 1.41. The minimum atomic E-state index is -4.15. The van der Waals surface area contributed by atoms with Crippen LogP contribution in [-0.2, 0) is 0 Å². The lowest BCUT2D eigenvalue weighted by molar-refractivity contribution is -0.182. The summed E-state index contributed by atoms with van der Waals surface area (Å²) in [6, 6.07) is 6.82. The van der Waals surface area contributed by atoms with Gasteiger partial charge in [-0.25, -0.2) is 4.98 Å².